The average molecular weight is 265 g/mol. The summed E-state index contributed by atoms with van der Waals surface area (Å²) in [6, 6.07) is 9.12. The van der Waals surface area contributed by atoms with Crippen LogP contribution in [0.3, 0.4) is 0 Å². The molecule has 3 nitrogen and oxygen atoms in total. The molecule has 3 heteroatoms. The Morgan fingerprint density at radius 3 is 2.75 bits per heavy atom. The Hall–Kier alpha value is -1.74. The second kappa shape index (κ2) is 4.67. The molecule has 0 spiro atoms. The first-order valence-electron chi connectivity index (χ1n) is 7.50. The number of aromatic nitrogens is 2. The molecule has 2 aliphatic carbocycles. The molecule has 0 atom stereocenters. The third-order valence-corrected chi connectivity index (χ3v) is 4.61. The van der Waals surface area contributed by atoms with Crippen LogP contribution < -0.4 is 5.73 Å². The van der Waals surface area contributed by atoms with Crippen molar-refractivity contribution in [3.05, 3.63) is 47.4 Å². The lowest BCUT2D eigenvalue weighted by Crippen LogP contribution is -2.35. The van der Waals surface area contributed by atoms with E-state index in [0.29, 0.717) is 12.0 Å². The van der Waals surface area contributed by atoms with Crippen molar-refractivity contribution >= 4 is 0 Å². The van der Waals surface area contributed by atoms with E-state index in [1.807, 2.05) is 12.3 Å². The van der Waals surface area contributed by atoms with Gasteiger partial charge in [-0.3, -0.25) is 0 Å². The molecule has 0 amide bonds. The quantitative estimate of drug-likeness (QED) is 0.908. The molecule has 0 radical (unpaired) electrons. The smallest absolute Gasteiger partial charge is 0.132 e. The van der Waals surface area contributed by atoms with E-state index in [4.69, 9.17) is 10.7 Å². The number of nitrogens with zero attached hydrogens (tertiary/aromatic N) is 2. The van der Waals surface area contributed by atoms with Crippen LogP contribution in [0.25, 0.3) is 11.3 Å². The maximum absolute atomic E-state index is 5.86. The lowest BCUT2D eigenvalue weighted by Gasteiger charge is -2.31. The SMILES string of the molecule is NC1CC(c2nccc(-c3ccc4c(c3)CCC4)n2)C1. The third-order valence-electron chi connectivity index (χ3n) is 4.61. The van der Waals surface area contributed by atoms with Gasteiger partial charge in [0.25, 0.3) is 0 Å². The number of aryl methyl sites for hydroxylation is 2. The van der Waals surface area contributed by atoms with Crippen LogP contribution in [0.2, 0.25) is 0 Å². The Bertz CT molecular complexity index is 644. The molecule has 2 N–H and O–H groups in total. The molecule has 2 aliphatic rings. The highest BCUT2D eigenvalue weighted by molar-refractivity contribution is 5.61. The van der Waals surface area contributed by atoms with Crippen LogP contribution >= 0.6 is 0 Å². The van der Waals surface area contributed by atoms with Crippen molar-refractivity contribution < 1.29 is 0 Å². The predicted octanol–water partition coefficient (Wildman–Crippen LogP) is 2.84. The van der Waals surface area contributed by atoms with Gasteiger partial charge in [-0.2, -0.15) is 0 Å². The number of nitrogens with two attached hydrogens (primary N) is 1. The van der Waals surface area contributed by atoms with Crippen LogP contribution in [-0.2, 0) is 12.8 Å². The van der Waals surface area contributed by atoms with Gasteiger partial charge in [0.1, 0.15) is 5.82 Å². The number of fused-ring (bicyclic) bond motifs is 1. The molecule has 1 saturated carbocycles. The van der Waals surface area contributed by atoms with Gasteiger partial charge in [0.05, 0.1) is 5.69 Å². The molecule has 2 aromatic rings. The molecule has 0 saturated heterocycles. The van der Waals surface area contributed by atoms with Crippen LogP contribution in [0.5, 0.6) is 0 Å². The summed E-state index contributed by atoms with van der Waals surface area (Å²) in [6.45, 7) is 0. The van der Waals surface area contributed by atoms with E-state index in [1.165, 1.54) is 36.0 Å². The average Bonchev–Trinajstić information content (AvgIpc) is 2.91. The minimum absolute atomic E-state index is 0.340. The van der Waals surface area contributed by atoms with E-state index in [2.05, 4.69) is 23.2 Å². The molecule has 20 heavy (non-hydrogen) atoms. The van der Waals surface area contributed by atoms with E-state index in [1.54, 1.807) is 0 Å². The van der Waals surface area contributed by atoms with Gasteiger partial charge in [-0.15, -0.1) is 0 Å². The summed E-state index contributed by atoms with van der Waals surface area (Å²) >= 11 is 0. The fourth-order valence-electron chi connectivity index (χ4n) is 3.34. The topological polar surface area (TPSA) is 51.8 Å². The minimum Gasteiger partial charge on any atom is -0.328 e. The second-order valence-corrected chi connectivity index (χ2v) is 6.07. The third kappa shape index (κ3) is 2.02. The Kier molecular flexibility index (Phi) is 2.81. The largest absolute Gasteiger partial charge is 0.328 e. The van der Waals surface area contributed by atoms with Crippen molar-refractivity contribution in [2.45, 2.75) is 44.1 Å². The normalized spacial score (nSPS) is 24.2. The monoisotopic (exact) mass is 265 g/mol. The van der Waals surface area contributed by atoms with E-state index >= 15 is 0 Å². The number of benzene rings is 1. The highest BCUT2D eigenvalue weighted by Gasteiger charge is 2.29. The first-order chi connectivity index (χ1) is 9.79. The number of rotatable bonds is 2. The van der Waals surface area contributed by atoms with E-state index in [0.717, 1.165) is 24.4 Å². The Balaban J connectivity index is 1.66. The zero-order valence-electron chi connectivity index (χ0n) is 11.5. The predicted molar refractivity (Wildman–Crippen MR) is 79.4 cm³/mol. The zero-order chi connectivity index (χ0) is 13.5. The van der Waals surface area contributed by atoms with Crippen molar-refractivity contribution in [2.24, 2.45) is 5.73 Å². The fraction of sp³-hybridized carbons (Fsp3) is 0.412. The van der Waals surface area contributed by atoms with Crippen molar-refractivity contribution in [1.29, 1.82) is 0 Å². The van der Waals surface area contributed by atoms with Crippen LogP contribution in [0.4, 0.5) is 0 Å². The van der Waals surface area contributed by atoms with Crippen LogP contribution in [0, 0.1) is 0 Å². The standard InChI is InChI=1S/C17H19N3/c18-15-9-14(10-15)17-19-7-6-16(20-17)13-5-4-11-2-1-3-12(11)8-13/h4-8,14-15H,1-3,9-10,18H2. The summed E-state index contributed by atoms with van der Waals surface area (Å²) in [4.78, 5) is 9.19. The Labute approximate surface area is 119 Å². The second-order valence-electron chi connectivity index (χ2n) is 6.07. The van der Waals surface area contributed by atoms with E-state index in [9.17, 15) is 0 Å². The molecule has 0 unspecified atom stereocenters. The van der Waals surface area contributed by atoms with Crippen LogP contribution in [-0.4, -0.2) is 16.0 Å². The molecule has 1 fully saturated rings. The first-order valence-corrected chi connectivity index (χ1v) is 7.50. The number of hydrogen-bond acceptors (Lipinski definition) is 3. The van der Waals surface area contributed by atoms with E-state index in [-0.39, 0.29) is 0 Å². The molecule has 1 heterocycles. The number of hydrogen-bond donors (Lipinski definition) is 1. The highest BCUT2D eigenvalue weighted by Crippen LogP contribution is 2.34. The maximum Gasteiger partial charge on any atom is 0.132 e. The molecule has 1 aromatic carbocycles. The van der Waals surface area contributed by atoms with Gasteiger partial charge in [-0.05, 0) is 55.4 Å². The molecular weight excluding hydrogens is 246 g/mol. The Morgan fingerprint density at radius 1 is 1.05 bits per heavy atom. The van der Waals surface area contributed by atoms with Crippen molar-refractivity contribution in [3.8, 4) is 11.3 Å². The summed E-state index contributed by atoms with van der Waals surface area (Å²) in [5, 5.41) is 0. The Morgan fingerprint density at radius 2 is 1.90 bits per heavy atom. The van der Waals surface area contributed by atoms with Gasteiger partial charge in [0.15, 0.2) is 0 Å². The molecule has 4 rings (SSSR count). The lowest BCUT2D eigenvalue weighted by molar-refractivity contribution is 0.338. The van der Waals surface area contributed by atoms with Gasteiger partial charge in [0, 0.05) is 23.7 Å². The lowest BCUT2D eigenvalue weighted by atomic mass is 9.80. The van der Waals surface area contributed by atoms with Crippen LogP contribution in [0.15, 0.2) is 30.5 Å². The summed E-state index contributed by atoms with van der Waals surface area (Å²) in [5.74, 6) is 1.42. The van der Waals surface area contributed by atoms with Gasteiger partial charge >= 0.3 is 0 Å². The molecular formula is C17H19N3. The first kappa shape index (κ1) is 12.0. The fourth-order valence-corrected chi connectivity index (χ4v) is 3.34. The molecule has 0 bridgehead atoms. The summed E-state index contributed by atoms with van der Waals surface area (Å²) in [6.07, 6.45) is 7.65. The highest BCUT2D eigenvalue weighted by atomic mass is 14.9. The van der Waals surface area contributed by atoms with Crippen molar-refractivity contribution in [2.75, 3.05) is 0 Å². The molecule has 0 aliphatic heterocycles. The minimum atomic E-state index is 0.340. The summed E-state index contributed by atoms with van der Waals surface area (Å²) in [5.41, 5.74) is 11.1. The van der Waals surface area contributed by atoms with Gasteiger partial charge in [-0.1, -0.05) is 12.1 Å². The van der Waals surface area contributed by atoms with Crippen molar-refractivity contribution in [1.82, 2.24) is 9.97 Å². The maximum atomic E-state index is 5.86. The zero-order valence-corrected chi connectivity index (χ0v) is 11.5. The van der Waals surface area contributed by atoms with Gasteiger partial charge < -0.3 is 5.73 Å². The van der Waals surface area contributed by atoms with Gasteiger partial charge in [0.2, 0.25) is 0 Å². The molecule has 102 valence electrons. The molecule has 1 aromatic heterocycles. The summed E-state index contributed by atoms with van der Waals surface area (Å²) < 4.78 is 0. The van der Waals surface area contributed by atoms with E-state index < -0.39 is 0 Å². The van der Waals surface area contributed by atoms with Crippen LogP contribution in [0.1, 0.15) is 42.1 Å². The summed E-state index contributed by atoms with van der Waals surface area (Å²) in [7, 11) is 0. The van der Waals surface area contributed by atoms with Gasteiger partial charge in [-0.25, -0.2) is 9.97 Å². The van der Waals surface area contributed by atoms with Crippen molar-refractivity contribution in [3.63, 3.8) is 0 Å².